The van der Waals surface area contributed by atoms with Crippen LogP contribution in [-0.2, 0) is 0 Å². The first-order valence-corrected chi connectivity index (χ1v) is 9.72. The maximum atomic E-state index is 3.78. The summed E-state index contributed by atoms with van der Waals surface area (Å²) >= 11 is 0. The van der Waals surface area contributed by atoms with Crippen molar-refractivity contribution in [2.24, 2.45) is 17.8 Å². The Morgan fingerprint density at radius 2 is 1.71 bits per heavy atom. The smallest absolute Gasteiger partial charge is 0.0108 e. The summed E-state index contributed by atoms with van der Waals surface area (Å²) < 4.78 is 0. The number of hydrogen-bond acceptors (Lipinski definition) is 2. The van der Waals surface area contributed by atoms with Crippen LogP contribution in [0.3, 0.4) is 0 Å². The fourth-order valence-electron chi connectivity index (χ4n) is 4.61. The second-order valence-electron chi connectivity index (χ2n) is 7.52. The van der Waals surface area contributed by atoms with Crippen LogP contribution in [0.4, 0.5) is 0 Å². The Hall–Kier alpha value is -0.0800. The second-order valence-corrected chi connectivity index (χ2v) is 7.52. The highest BCUT2D eigenvalue weighted by Crippen LogP contribution is 2.32. The largest absolute Gasteiger partial charge is 0.314 e. The molecule has 1 aliphatic carbocycles. The van der Waals surface area contributed by atoms with Crippen molar-refractivity contribution in [3.05, 3.63) is 0 Å². The van der Waals surface area contributed by atoms with E-state index in [9.17, 15) is 0 Å². The lowest BCUT2D eigenvalue weighted by Gasteiger charge is -2.39. The lowest BCUT2D eigenvalue weighted by molar-refractivity contribution is 0.140. The number of nitrogens with zero attached hydrogens (tertiary/aromatic N) is 1. The lowest BCUT2D eigenvalue weighted by atomic mass is 9.76. The molecule has 1 saturated heterocycles. The van der Waals surface area contributed by atoms with Gasteiger partial charge in [-0.05, 0) is 75.9 Å². The molecule has 0 aromatic carbocycles. The van der Waals surface area contributed by atoms with Gasteiger partial charge in [0.2, 0.25) is 0 Å². The molecule has 1 N–H and O–H groups in total. The van der Waals surface area contributed by atoms with Crippen molar-refractivity contribution in [3.8, 4) is 0 Å². The SMILES string of the molecule is CCNC1CCC(CC)CC1CN1CCCC(CC)CC1. The molecule has 4 atom stereocenters. The van der Waals surface area contributed by atoms with E-state index >= 15 is 0 Å². The molecule has 0 radical (unpaired) electrons. The average Bonchev–Trinajstić information content (AvgIpc) is 2.74. The Morgan fingerprint density at radius 1 is 0.905 bits per heavy atom. The van der Waals surface area contributed by atoms with Crippen molar-refractivity contribution in [1.29, 1.82) is 0 Å². The standard InChI is InChI=1S/C19H38N2/c1-4-16-8-7-12-21(13-11-16)15-18-14-17(5-2)9-10-19(18)20-6-3/h16-20H,4-15H2,1-3H3. The van der Waals surface area contributed by atoms with Gasteiger partial charge in [0, 0.05) is 12.6 Å². The molecule has 1 saturated carbocycles. The van der Waals surface area contributed by atoms with Crippen molar-refractivity contribution in [3.63, 3.8) is 0 Å². The van der Waals surface area contributed by atoms with E-state index in [1.807, 2.05) is 0 Å². The third kappa shape index (κ3) is 5.25. The fourth-order valence-corrected chi connectivity index (χ4v) is 4.61. The topological polar surface area (TPSA) is 15.3 Å². The zero-order valence-electron chi connectivity index (χ0n) is 14.7. The van der Waals surface area contributed by atoms with E-state index in [1.54, 1.807) is 0 Å². The first kappa shape index (κ1) is 17.3. The van der Waals surface area contributed by atoms with Crippen molar-refractivity contribution in [2.45, 2.75) is 78.2 Å². The summed E-state index contributed by atoms with van der Waals surface area (Å²) in [5, 5.41) is 3.78. The van der Waals surface area contributed by atoms with Crippen LogP contribution in [-0.4, -0.2) is 37.1 Å². The summed E-state index contributed by atoms with van der Waals surface area (Å²) in [6, 6.07) is 0.781. The van der Waals surface area contributed by atoms with E-state index in [-0.39, 0.29) is 0 Å². The molecule has 0 amide bonds. The molecule has 2 heteroatoms. The Morgan fingerprint density at radius 3 is 2.43 bits per heavy atom. The molecule has 2 nitrogen and oxygen atoms in total. The molecule has 1 aliphatic heterocycles. The first-order valence-electron chi connectivity index (χ1n) is 9.72. The van der Waals surface area contributed by atoms with Crippen molar-refractivity contribution in [1.82, 2.24) is 10.2 Å². The van der Waals surface area contributed by atoms with E-state index in [2.05, 4.69) is 31.0 Å². The average molecular weight is 295 g/mol. The molecule has 0 aromatic rings. The molecule has 2 rings (SSSR count). The molecular weight excluding hydrogens is 256 g/mol. The third-order valence-electron chi connectivity index (χ3n) is 6.15. The molecule has 0 spiro atoms. The Kier molecular flexibility index (Phi) is 7.53. The molecule has 0 bridgehead atoms. The van der Waals surface area contributed by atoms with Gasteiger partial charge in [-0.15, -0.1) is 0 Å². The van der Waals surface area contributed by atoms with Crippen LogP contribution in [0.1, 0.15) is 72.1 Å². The van der Waals surface area contributed by atoms with E-state index in [0.717, 1.165) is 30.3 Å². The highest BCUT2D eigenvalue weighted by molar-refractivity contribution is 4.86. The van der Waals surface area contributed by atoms with Crippen LogP contribution in [0.15, 0.2) is 0 Å². The monoisotopic (exact) mass is 294 g/mol. The van der Waals surface area contributed by atoms with Crippen LogP contribution >= 0.6 is 0 Å². The van der Waals surface area contributed by atoms with Gasteiger partial charge in [0.25, 0.3) is 0 Å². The van der Waals surface area contributed by atoms with Crippen molar-refractivity contribution < 1.29 is 0 Å². The highest BCUT2D eigenvalue weighted by atomic mass is 15.1. The van der Waals surface area contributed by atoms with Gasteiger partial charge in [-0.3, -0.25) is 0 Å². The van der Waals surface area contributed by atoms with Gasteiger partial charge in [0.15, 0.2) is 0 Å². The van der Waals surface area contributed by atoms with Gasteiger partial charge >= 0.3 is 0 Å². The predicted octanol–water partition coefficient (Wildman–Crippen LogP) is 4.30. The first-order chi connectivity index (χ1) is 10.3. The molecule has 2 aliphatic rings. The normalized spacial score (nSPS) is 35.6. The van der Waals surface area contributed by atoms with Crippen LogP contribution in [0, 0.1) is 17.8 Å². The zero-order chi connectivity index (χ0) is 15.1. The van der Waals surface area contributed by atoms with E-state index in [4.69, 9.17) is 0 Å². The molecule has 4 unspecified atom stereocenters. The highest BCUT2D eigenvalue weighted by Gasteiger charge is 2.30. The summed E-state index contributed by atoms with van der Waals surface area (Å²) in [6.07, 6.45) is 11.4. The zero-order valence-corrected chi connectivity index (χ0v) is 14.7. The minimum absolute atomic E-state index is 0.781. The number of nitrogens with one attached hydrogen (secondary N) is 1. The Bertz CT molecular complexity index is 279. The number of rotatable bonds is 6. The van der Waals surface area contributed by atoms with Crippen LogP contribution in [0.5, 0.6) is 0 Å². The number of likely N-dealkylation sites (tertiary alicyclic amines) is 1. The maximum absolute atomic E-state index is 3.78. The maximum Gasteiger partial charge on any atom is 0.0108 e. The van der Waals surface area contributed by atoms with Crippen molar-refractivity contribution >= 4 is 0 Å². The molecule has 124 valence electrons. The number of hydrogen-bond donors (Lipinski definition) is 1. The lowest BCUT2D eigenvalue weighted by Crippen LogP contribution is -2.46. The molecule has 1 heterocycles. The summed E-state index contributed by atoms with van der Waals surface area (Å²) in [5.74, 6) is 2.87. The molecule has 0 aromatic heterocycles. The molecular formula is C19H38N2. The van der Waals surface area contributed by atoms with E-state index in [1.165, 1.54) is 71.0 Å². The fraction of sp³-hybridized carbons (Fsp3) is 1.00. The van der Waals surface area contributed by atoms with Gasteiger partial charge < -0.3 is 10.2 Å². The van der Waals surface area contributed by atoms with Gasteiger partial charge in [-0.2, -0.15) is 0 Å². The van der Waals surface area contributed by atoms with Gasteiger partial charge in [0.1, 0.15) is 0 Å². The van der Waals surface area contributed by atoms with E-state index in [0.29, 0.717) is 0 Å². The van der Waals surface area contributed by atoms with E-state index < -0.39 is 0 Å². The second kappa shape index (κ2) is 9.15. The summed E-state index contributed by atoms with van der Waals surface area (Å²) in [5.41, 5.74) is 0. The Balaban J connectivity index is 1.87. The van der Waals surface area contributed by atoms with Crippen LogP contribution in [0.2, 0.25) is 0 Å². The predicted molar refractivity (Wildman–Crippen MR) is 92.7 cm³/mol. The summed E-state index contributed by atoms with van der Waals surface area (Å²) in [7, 11) is 0. The van der Waals surface area contributed by atoms with Gasteiger partial charge in [-0.25, -0.2) is 0 Å². The van der Waals surface area contributed by atoms with Crippen LogP contribution < -0.4 is 5.32 Å². The Labute approximate surface area is 133 Å². The summed E-state index contributed by atoms with van der Waals surface area (Å²) in [4.78, 5) is 2.79. The summed E-state index contributed by atoms with van der Waals surface area (Å²) in [6.45, 7) is 12.2. The van der Waals surface area contributed by atoms with Crippen molar-refractivity contribution in [2.75, 3.05) is 26.2 Å². The van der Waals surface area contributed by atoms with Gasteiger partial charge in [-0.1, -0.05) is 33.6 Å². The minimum atomic E-state index is 0.781. The molecule has 2 fully saturated rings. The minimum Gasteiger partial charge on any atom is -0.314 e. The molecule has 21 heavy (non-hydrogen) atoms. The van der Waals surface area contributed by atoms with Gasteiger partial charge in [0.05, 0.1) is 0 Å². The quantitative estimate of drug-likeness (QED) is 0.785. The third-order valence-corrected chi connectivity index (χ3v) is 6.15. The van der Waals surface area contributed by atoms with Crippen LogP contribution in [0.25, 0.3) is 0 Å².